The predicted molar refractivity (Wildman–Crippen MR) is 71.0 cm³/mol. The molecule has 0 unspecified atom stereocenters. The number of rotatable bonds is 3. The monoisotopic (exact) mass is 297 g/mol. The second-order valence-electron chi connectivity index (χ2n) is 4.35. The molecule has 1 aliphatic rings. The molecule has 0 amide bonds. The molecule has 0 bridgehead atoms. The summed E-state index contributed by atoms with van der Waals surface area (Å²) < 4.78 is 6.92. The van der Waals surface area contributed by atoms with Gasteiger partial charge in [0.05, 0.1) is 11.8 Å². The Kier molecular flexibility index (Phi) is 4.05. The fraction of sp³-hybridized carbons (Fsp3) is 0.462. The van der Waals surface area contributed by atoms with Gasteiger partial charge in [0.1, 0.15) is 5.75 Å². The van der Waals surface area contributed by atoms with Crippen LogP contribution in [0.5, 0.6) is 5.75 Å². The third-order valence-electron chi connectivity index (χ3n) is 3.08. The van der Waals surface area contributed by atoms with Crippen molar-refractivity contribution in [1.29, 1.82) is 0 Å². The summed E-state index contributed by atoms with van der Waals surface area (Å²) in [4.78, 5) is 0. The SMILES string of the molecule is C/C(=N\O)c1cc(Br)ccc1OC1CCCC1. The smallest absolute Gasteiger partial charge is 0.128 e. The molecular formula is C13H16BrNO2. The van der Waals surface area contributed by atoms with E-state index in [1.165, 1.54) is 12.8 Å². The van der Waals surface area contributed by atoms with Gasteiger partial charge in [-0.25, -0.2) is 0 Å². The zero-order chi connectivity index (χ0) is 12.3. The number of nitrogens with zero attached hydrogens (tertiary/aromatic N) is 1. The zero-order valence-electron chi connectivity index (χ0n) is 9.82. The van der Waals surface area contributed by atoms with E-state index in [0.29, 0.717) is 11.8 Å². The molecule has 0 radical (unpaired) electrons. The van der Waals surface area contributed by atoms with Crippen LogP contribution in [0.3, 0.4) is 0 Å². The van der Waals surface area contributed by atoms with Crippen molar-refractivity contribution in [2.45, 2.75) is 38.7 Å². The molecule has 0 heterocycles. The minimum Gasteiger partial charge on any atom is -0.490 e. The number of ether oxygens (including phenoxy) is 1. The first-order valence-electron chi connectivity index (χ1n) is 5.86. The van der Waals surface area contributed by atoms with Gasteiger partial charge in [0.15, 0.2) is 0 Å². The van der Waals surface area contributed by atoms with E-state index in [2.05, 4.69) is 21.1 Å². The van der Waals surface area contributed by atoms with Crippen LogP contribution in [0, 0.1) is 0 Å². The van der Waals surface area contributed by atoms with Gasteiger partial charge in [-0.1, -0.05) is 21.1 Å². The highest BCUT2D eigenvalue weighted by Gasteiger charge is 2.18. The third kappa shape index (κ3) is 3.00. The van der Waals surface area contributed by atoms with Gasteiger partial charge in [0, 0.05) is 10.0 Å². The number of halogens is 1. The highest BCUT2D eigenvalue weighted by atomic mass is 79.9. The van der Waals surface area contributed by atoms with Gasteiger partial charge in [-0.2, -0.15) is 0 Å². The molecule has 2 rings (SSSR count). The summed E-state index contributed by atoms with van der Waals surface area (Å²) in [6.45, 7) is 1.77. The molecule has 0 aliphatic heterocycles. The first-order chi connectivity index (χ1) is 8.20. The fourth-order valence-corrected chi connectivity index (χ4v) is 2.49. The van der Waals surface area contributed by atoms with E-state index >= 15 is 0 Å². The van der Waals surface area contributed by atoms with Crippen LogP contribution < -0.4 is 4.74 Å². The van der Waals surface area contributed by atoms with Gasteiger partial charge in [0.25, 0.3) is 0 Å². The van der Waals surface area contributed by atoms with E-state index < -0.39 is 0 Å². The molecule has 1 N–H and O–H groups in total. The van der Waals surface area contributed by atoms with Crippen molar-refractivity contribution in [2.24, 2.45) is 5.16 Å². The van der Waals surface area contributed by atoms with Gasteiger partial charge < -0.3 is 9.94 Å². The Balaban J connectivity index is 2.25. The summed E-state index contributed by atoms with van der Waals surface area (Å²) in [6, 6.07) is 5.78. The minimum atomic E-state index is 0.307. The number of oxime groups is 1. The number of benzene rings is 1. The first-order valence-corrected chi connectivity index (χ1v) is 6.65. The summed E-state index contributed by atoms with van der Waals surface area (Å²) in [5, 5.41) is 12.1. The van der Waals surface area contributed by atoms with Crippen molar-refractivity contribution in [3.05, 3.63) is 28.2 Å². The van der Waals surface area contributed by atoms with Crippen molar-refractivity contribution in [1.82, 2.24) is 0 Å². The average molecular weight is 298 g/mol. The fourth-order valence-electron chi connectivity index (χ4n) is 2.13. The van der Waals surface area contributed by atoms with Crippen LogP contribution in [-0.2, 0) is 0 Å². The van der Waals surface area contributed by atoms with Crippen molar-refractivity contribution in [3.8, 4) is 5.75 Å². The van der Waals surface area contributed by atoms with Crippen molar-refractivity contribution >= 4 is 21.6 Å². The van der Waals surface area contributed by atoms with Crippen molar-refractivity contribution in [2.75, 3.05) is 0 Å². The van der Waals surface area contributed by atoms with Crippen LogP contribution in [0.1, 0.15) is 38.2 Å². The highest BCUT2D eigenvalue weighted by molar-refractivity contribution is 9.10. The summed E-state index contributed by atoms with van der Waals surface area (Å²) in [6.07, 6.45) is 5.02. The Bertz CT molecular complexity index is 425. The molecule has 1 aromatic rings. The van der Waals surface area contributed by atoms with E-state index in [0.717, 1.165) is 28.6 Å². The molecule has 1 fully saturated rings. The average Bonchev–Trinajstić information content (AvgIpc) is 2.83. The molecule has 1 aromatic carbocycles. The molecule has 3 nitrogen and oxygen atoms in total. The lowest BCUT2D eigenvalue weighted by Crippen LogP contribution is -2.13. The number of hydrogen-bond acceptors (Lipinski definition) is 3. The van der Waals surface area contributed by atoms with Crippen molar-refractivity contribution < 1.29 is 9.94 Å². The Hall–Kier alpha value is -1.03. The Morgan fingerprint density at radius 3 is 2.76 bits per heavy atom. The van der Waals surface area contributed by atoms with Crippen LogP contribution in [0.15, 0.2) is 27.8 Å². The molecule has 17 heavy (non-hydrogen) atoms. The first kappa shape index (κ1) is 12.4. The Morgan fingerprint density at radius 1 is 1.41 bits per heavy atom. The van der Waals surface area contributed by atoms with Crippen molar-refractivity contribution in [3.63, 3.8) is 0 Å². The maximum Gasteiger partial charge on any atom is 0.128 e. The van der Waals surface area contributed by atoms with Gasteiger partial charge in [0.2, 0.25) is 0 Å². The summed E-state index contributed by atoms with van der Waals surface area (Å²) in [5.74, 6) is 0.801. The molecule has 0 spiro atoms. The molecule has 4 heteroatoms. The summed E-state index contributed by atoms with van der Waals surface area (Å²) in [5.41, 5.74) is 1.41. The number of hydrogen-bond donors (Lipinski definition) is 1. The van der Waals surface area contributed by atoms with Gasteiger partial charge in [-0.15, -0.1) is 0 Å². The van der Waals surface area contributed by atoms with E-state index in [4.69, 9.17) is 9.94 Å². The molecule has 1 saturated carbocycles. The largest absolute Gasteiger partial charge is 0.490 e. The molecule has 1 aliphatic carbocycles. The zero-order valence-corrected chi connectivity index (χ0v) is 11.4. The van der Waals surface area contributed by atoms with Gasteiger partial charge in [-0.05, 0) is 50.8 Å². The van der Waals surface area contributed by atoms with E-state index in [9.17, 15) is 0 Å². The summed E-state index contributed by atoms with van der Waals surface area (Å²) in [7, 11) is 0. The molecular weight excluding hydrogens is 282 g/mol. The lowest BCUT2D eigenvalue weighted by Gasteiger charge is -2.16. The van der Waals surface area contributed by atoms with Crippen LogP contribution in [0.4, 0.5) is 0 Å². The van der Waals surface area contributed by atoms with E-state index in [1.807, 2.05) is 18.2 Å². The molecule has 0 atom stereocenters. The molecule has 0 saturated heterocycles. The molecule has 0 aromatic heterocycles. The van der Waals surface area contributed by atoms with Crippen LogP contribution >= 0.6 is 15.9 Å². The quantitative estimate of drug-likeness (QED) is 0.521. The predicted octanol–water partition coefficient (Wildman–Crippen LogP) is 3.97. The minimum absolute atomic E-state index is 0.307. The Labute approximate surface area is 110 Å². The van der Waals surface area contributed by atoms with E-state index in [1.54, 1.807) is 6.92 Å². The second kappa shape index (κ2) is 5.54. The van der Waals surface area contributed by atoms with Crippen LogP contribution in [0.2, 0.25) is 0 Å². The van der Waals surface area contributed by atoms with Crippen LogP contribution in [-0.4, -0.2) is 17.0 Å². The van der Waals surface area contributed by atoms with Crippen LogP contribution in [0.25, 0.3) is 0 Å². The topological polar surface area (TPSA) is 41.8 Å². The maximum atomic E-state index is 8.88. The maximum absolute atomic E-state index is 8.88. The normalized spacial score (nSPS) is 17.4. The highest BCUT2D eigenvalue weighted by Crippen LogP contribution is 2.29. The third-order valence-corrected chi connectivity index (χ3v) is 3.57. The van der Waals surface area contributed by atoms with E-state index in [-0.39, 0.29) is 0 Å². The lowest BCUT2D eigenvalue weighted by atomic mass is 10.1. The second-order valence-corrected chi connectivity index (χ2v) is 5.27. The lowest BCUT2D eigenvalue weighted by molar-refractivity contribution is 0.209. The van der Waals surface area contributed by atoms with Gasteiger partial charge in [-0.3, -0.25) is 0 Å². The standard InChI is InChI=1S/C13H16BrNO2/c1-9(15-16)12-8-10(14)6-7-13(12)17-11-4-2-3-5-11/h6-8,11,16H,2-5H2,1H3/b15-9+. The van der Waals surface area contributed by atoms with Gasteiger partial charge >= 0.3 is 0 Å². The summed E-state index contributed by atoms with van der Waals surface area (Å²) >= 11 is 3.41. The molecule has 92 valence electrons. The Morgan fingerprint density at radius 2 is 2.12 bits per heavy atom.